The Kier molecular flexibility index (Phi) is 6.11. The maximum absolute atomic E-state index is 12.4. The van der Waals surface area contributed by atoms with Gasteiger partial charge in [-0.05, 0) is 43.9 Å². The van der Waals surface area contributed by atoms with Gasteiger partial charge >= 0.3 is 0 Å². The largest absolute Gasteiger partial charge is 0.370 e. The van der Waals surface area contributed by atoms with Crippen LogP contribution in [-0.4, -0.2) is 31.0 Å². The molecule has 8 heteroatoms. The van der Waals surface area contributed by atoms with Crippen LogP contribution in [0.2, 0.25) is 5.15 Å². The number of benzene rings is 1. The van der Waals surface area contributed by atoms with Crippen LogP contribution in [0.15, 0.2) is 35.2 Å². The molecular weight excluding hydrogens is 372 g/mol. The Balaban J connectivity index is 1.55. The molecule has 0 aliphatic heterocycles. The summed E-state index contributed by atoms with van der Waals surface area (Å²) in [5.74, 6) is 1.30. The summed E-state index contributed by atoms with van der Waals surface area (Å²) >= 11 is 5.91. The maximum Gasteiger partial charge on any atom is 0.240 e. The van der Waals surface area contributed by atoms with Gasteiger partial charge in [0.05, 0.1) is 4.90 Å². The zero-order chi connectivity index (χ0) is 18.6. The first kappa shape index (κ1) is 19.1. The molecule has 0 saturated heterocycles. The van der Waals surface area contributed by atoms with E-state index in [0.717, 1.165) is 37.7 Å². The Morgan fingerprint density at radius 1 is 1.15 bits per heavy atom. The molecule has 26 heavy (non-hydrogen) atoms. The van der Waals surface area contributed by atoms with Crippen LogP contribution in [0.4, 0.5) is 5.82 Å². The van der Waals surface area contributed by atoms with Crippen molar-refractivity contribution in [2.75, 3.05) is 11.9 Å². The lowest BCUT2D eigenvalue weighted by Crippen LogP contribution is -2.32. The molecule has 1 heterocycles. The minimum atomic E-state index is -3.43. The van der Waals surface area contributed by atoms with Gasteiger partial charge in [-0.25, -0.2) is 23.1 Å². The molecule has 1 saturated carbocycles. The van der Waals surface area contributed by atoms with Crippen LogP contribution in [0.1, 0.15) is 37.1 Å². The van der Waals surface area contributed by atoms with Crippen molar-refractivity contribution in [1.82, 2.24) is 14.7 Å². The second-order valence-corrected chi connectivity index (χ2v) is 8.65. The zero-order valence-electron chi connectivity index (χ0n) is 14.7. The molecule has 1 aliphatic carbocycles. The summed E-state index contributed by atoms with van der Waals surface area (Å²) in [4.78, 5) is 8.61. The number of aryl methyl sites for hydroxylation is 1. The smallest absolute Gasteiger partial charge is 0.240 e. The quantitative estimate of drug-likeness (QED) is 0.704. The molecule has 1 fully saturated rings. The lowest BCUT2D eigenvalue weighted by molar-refractivity contribution is 0.552. The predicted octanol–water partition coefficient (Wildman–Crippen LogP) is 3.31. The van der Waals surface area contributed by atoms with Crippen molar-refractivity contribution in [3.05, 3.63) is 46.9 Å². The summed E-state index contributed by atoms with van der Waals surface area (Å²) in [5, 5.41) is 3.61. The van der Waals surface area contributed by atoms with Crippen LogP contribution in [0.25, 0.3) is 0 Å². The highest BCUT2D eigenvalue weighted by Crippen LogP contribution is 2.20. The monoisotopic (exact) mass is 394 g/mol. The van der Waals surface area contributed by atoms with Crippen molar-refractivity contribution in [3.8, 4) is 0 Å². The summed E-state index contributed by atoms with van der Waals surface area (Å²) < 4.78 is 27.6. The average Bonchev–Trinajstić information content (AvgIpc) is 3.07. The first-order valence-corrected chi connectivity index (χ1v) is 10.6. The Bertz CT molecular complexity index is 830. The topological polar surface area (TPSA) is 84.0 Å². The lowest BCUT2D eigenvalue weighted by atomic mass is 10.1. The van der Waals surface area contributed by atoms with E-state index in [-0.39, 0.29) is 6.04 Å². The van der Waals surface area contributed by atoms with Gasteiger partial charge in [0.15, 0.2) is 0 Å². The minimum absolute atomic E-state index is 0.0759. The first-order valence-electron chi connectivity index (χ1n) is 8.79. The van der Waals surface area contributed by atoms with Crippen LogP contribution < -0.4 is 10.0 Å². The minimum Gasteiger partial charge on any atom is -0.370 e. The van der Waals surface area contributed by atoms with Crippen LogP contribution in [-0.2, 0) is 16.4 Å². The number of nitrogens with zero attached hydrogens (tertiary/aromatic N) is 2. The SMILES string of the molecule is Cc1nc(Cl)cc(NCCc2ccc(S(=O)(=O)NC3CCCC3)cc2)n1. The standard InChI is InChI=1S/C18H23ClN4O2S/c1-13-21-17(19)12-18(22-13)20-11-10-14-6-8-16(9-7-14)26(24,25)23-15-4-2-3-5-15/h6-9,12,15,23H,2-5,10-11H2,1H3,(H,20,21,22). The van der Waals surface area contributed by atoms with Crippen LogP contribution in [0, 0.1) is 6.92 Å². The number of nitrogens with one attached hydrogen (secondary N) is 2. The second-order valence-electron chi connectivity index (χ2n) is 6.55. The number of halogens is 1. The number of hydrogen-bond donors (Lipinski definition) is 2. The molecule has 1 aliphatic rings. The molecule has 2 aromatic rings. The van der Waals surface area contributed by atoms with Gasteiger partial charge in [0.2, 0.25) is 10.0 Å². The van der Waals surface area contributed by atoms with Crippen molar-refractivity contribution >= 4 is 27.4 Å². The number of anilines is 1. The number of rotatable bonds is 7. The zero-order valence-corrected chi connectivity index (χ0v) is 16.3. The van der Waals surface area contributed by atoms with Crippen molar-refractivity contribution in [1.29, 1.82) is 0 Å². The van der Waals surface area contributed by atoms with E-state index >= 15 is 0 Å². The molecule has 2 N–H and O–H groups in total. The van der Waals surface area contributed by atoms with Gasteiger partial charge in [-0.15, -0.1) is 0 Å². The highest BCUT2D eigenvalue weighted by molar-refractivity contribution is 7.89. The highest BCUT2D eigenvalue weighted by Gasteiger charge is 2.22. The molecule has 0 amide bonds. The summed E-state index contributed by atoms with van der Waals surface area (Å²) in [6.07, 6.45) is 4.79. The fraction of sp³-hybridized carbons (Fsp3) is 0.444. The van der Waals surface area contributed by atoms with Gasteiger partial charge in [0.1, 0.15) is 16.8 Å². The normalized spacial score (nSPS) is 15.3. The summed E-state index contributed by atoms with van der Waals surface area (Å²) in [6.45, 7) is 2.45. The maximum atomic E-state index is 12.4. The Morgan fingerprint density at radius 2 is 1.85 bits per heavy atom. The molecule has 140 valence electrons. The Morgan fingerprint density at radius 3 is 2.50 bits per heavy atom. The highest BCUT2D eigenvalue weighted by atomic mass is 35.5. The van der Waals surface area contributed by atoms with Crippen molar-refractivity contribution in [2.24, 2.45) is 0 Å². The second kappa shape index (κ2) is 8.33. The van der Waals surface area contributed by atoms with E-state index in [0.29, 0.717) is 28.2 Å². The molecule has 0 radical (unpaired) electrons. The van der Waals surface area contributed by atoms with Gasteiger partial charge in [-0.3, -0.25) is 0 Å². The molecule has 1 aromatic carbocycles. The fourth-order valence-corrected chi connectivity index (χ4v) is 4.65. The van der Waals surface area contributed by atoms with Crippen LogP contribution >= 0.6 is 11.6 Å². The summed E-state index contributed by atoms with van der Waals surface area (Å²) in [6, 6.07) is 8.79. The van der Waals surface area contributed by atoms with E-state index < -0.39 is 10.0 Å². The Hall–Kier alpha value is -1.70. The van der Waals surface area contributed by atoms with E-state index in [1.807, 2.05) is 12.1 Å². The summed E-state index contributed by atoms with van der Waals surface area (Å²) in [7, 11) is -3.43. The first-order chi connectivity index (χ1) is 12.4. The molecule has 6 nitrogen and oxygen atoms in total. The van der Waals surface area contributed by atoms with Crippen molar-refractivity contribution in [3.63, 3.8) is 0 Å². The van der Waals surface area contributed by atoms with Gasteiger partial charge < -0.3 is 5.32 Å². The van der Waals surface area contributed by atoms with E-state index in [9.17, 15) is 8.42 Å². The van der Waals surface area contributed by atoms with E-state index in [2.05, 4.69) is 20.0 Å². The molecule has 0 bridgehead atoms. The van der Waals surface area contributed by atoms with Crippen molar-refractivity contribution in [2.45, 2.75) is 50.0 Å². The third kappa shape index (κ3) is 5.16. The number of aromatic nitrogens is 2. The van der Waals surface area contributed by atoms with Gasteiger partial charge in [0.25, 0.3) is 0 Å². The van der Waals surface area contributed by atoms with Crippen molar-refractivity contribution < 1.29 is 8.42 Å². The Labute approximate surface area is 159 Å². The summed E-state index contributed by atoms with van der Waals surface area (Å²) in [5.41, 5.74) is 1.05. The predicted molar refractivity (Wildman–Crippen MR) is 103 cm³/mol. The molecule has 1 aromatic heterocycles. The lowest BCUT2D eigenvalue weighted by Gasteiger charge is -2.13. The number of sulfonamides is 1. The third-order valence-corrected chi connectivity index (χ3v) is 6.17. The molecule has 0 unspecified atom stereocenters. The van der Waals surface area contributed by atoms with E-state index in [4.69, 9.17) is 11.6 Å². The van der Waals surface area contributed by atoms with E-state index in [1.165, 1.54) is 0 Å². The van der Waals surface area contributed by atoms with Crippen LogP contribution in [0.5, 0.6) is 0 Å². The van der Waals surface area contributed by atoms with Gasteiger partial charge in [0, 0.05) is 18.7 Å². The molecule has 0 spiro atoms. The molecular formula is C18H23ClN4O2S. The van der Waals surface area contributed by atoms with E-state index in [1.54, 1.807) is 25.1 Å². The fourth-order valence-electron chi connectivity index (χ4n) is 3.12. The van der Waals surface area contributed by atoms with Gasteiger partial charge in [-0.1, -0.05) is 36.6 Å². The van der Waals surface area contributed by atoms with Crippen LogP contribution in [0.3, 0.4) is 0 Å². The molecule has 0 atom stereocenters. The molecule has 3 rings (SSSR count). The third-order valence-electron chi connectivity index (χ3n) is 4.44. The average molecular weight is 395 g/mol. The van der Waals surface area contributed by atoms with Gasteiger partial charge in [-0.2, -0.15) is 0 Å². The number of hydrogen-bond acceptors (Lipinski definition) is 5.